The molecule has 0 aliphatic carbocycles. The number of hydrogen-bond acceptors (Lipinski definition) is 2. The molecular weight excluding hydrogens is 258 g/mol. The van der Waals surface area contributed by atoms with Crippen molar-refractivity contribution in [2.45, 2.75) is 58.4 Å². The number of benzene rings is 1. The van der Waals surface area contributed by atoms with E-state index in [9.17, 15) is 0 Å². The van der Waals surface area contributed by atoms with Crippen molar-refractivity contribution in [3.8, 4) is 0 Å². The molecule has 0 amide bonds. The molecular formula is C19H31NO. The lowest BCUT2D eigenvalue weighted by Gasteiger charge is -2.31. The molecule has 1 unspecified atom stereocenters. The number of rotatable bonds is 7. The van der Waals surface area contributed by atoms with Crippen molar-refractivity contribution in [1.82, 2.24) is 5.32 Å². The molecule has 1 aromatic carbocycles. The predicted octanol–water partition coefficient (Wildman–Crippen LogP) is 4.15. The van der Waals surface area contributed by atoms with Gasteiger partial charge >= 0.3 is 0 Å². The van der Waals surface area contributed by atoms with Crippen LogP contribution in [-0.4, -0.2) is 25.8 Å². The van der Waals surface area contributed by atoms with E-state index >= 15 is 0 Å². The fourth-order valence-corrected chi connectivity index (χ4v) is 3.15. The highest BCUT2D eigenvalue weighted by Gasteiger charge is 2.23. The van der Waals surface area contributed by atoms with E-state index in [0.717, 1.165) is 32.1 Å². The molecule has 1 aliphatic heterocycles. The Hall–Kier alpha value is -0.860. The van der Waals surface area contributed by atoms with Crippen molar-refractivity contribution >= 4 is 0 Å². The van der Waals surface area contributed by atoms with Gasteiger partial charge in [-0.2, -0.15) is 0 Å². The van der Waals surface area contributed by atoms with Crippen molar-refractivity contribution in [2.75, 3.05) is 19.8 Å². The molecule has 0 saturated carbocycles. The lowest BCUT2D eigenvalue weighted by atomic mass is 9.87. The third-order valence-corrected chi connectivity index (χ3v) is 4.59. The van der Waals surface area contributed by atoms with Gasteiger partial charge in [0.15, 0.2) is 0 Å². The molecule has 1 atom stereocenters. The molecule has 1 aromatic rings. The topological polar surface area (TPSA) is 21.3 Å². The van der Waals surface area contributed by atoms with Crippen molar-refractivity contribution in [1.29, 1.82) is 0 Å². The summed E-state index contributed by atoms with van der Waals surface area (Å²) >= 11 is 0. The van der Waals surface area contributed by atoms with Crippen LogP contribution in [0.4, 0.5) is 0 Å². The molecule has 1 saturated heterocycles. The molecule has 2 nitrogen and oxygen atoms in total. The molecule has 118 valence electrons. The van der Waals surface area contributed by atoms with Gasteiger partial charge in [0.05, 0.1) is 0 Å². The molecule has 0 spiro atoms. The minimum absolute atomic E-state index is 0.596. The lowest BCUT2D eigenvalue weighted by Crippen LogP contribution is -2.41. The molecule has 21 heavy (non-hydrogen) atoms. The van der Waals surface area contributed by atoms with Gasteiger partial charge < -0.3 is 10.1 Å². The second-order valence-corrected chi connectivity index (χ2v) is 6.61. The molecule has 0 aromatic heterocycles. The van der Waals surface area contributed by atoms with Crippen LogP contribution in [0.3, 0.4) is 0 Å². The highest BCUT2D eigenvalue weighted by atomic mass is 16.5. The van der Waals surface area contributed by atoms with Crippen molar-refractivity contribution in [3.05, 3.63) is 35.4 Å². The first-order chi connectivity index (χ1) is 10.2. The molecule has 1 aliphatic rings. The van der Waals surface area contributed by atoms with Crippen LogP contribution in [-0.2, 0) is 11.2 Å². The van der Waals surface area contributed by atoms with Gasteiger partial charge in [-0.3, -0.25) is 0 Å². The first-order valence-electron chi connectivity index (χ1n) is 8.60. The molecule has 0 radical (unpaired) electrons. The summed E-state index contributed by atoms with van der Waals surface area (Å²) in [6.45, 7) is 9.73. The van der Waals surface area contributed by atoms with Gasteiger partial charge in [0.1, 0.15) is 0 Å². The summed E-state index contributed by atoms with van der Waals surface area (Å²) in [5.74, 6) is 1.37. The Morgan fingerprint density at radius 3 is 2.38 bits per heavy atom. The smallest absolute Gasteiger partial charge is 0.0469 e. The van der Waals surface area contributed by atoms with E-state index in [1.54, 1.807) is 0 Å². The Balaban J connectivity index is 1.99. The van der Waals surface area contributed by atoms with Crippen LogP contribution in [0.25, 0.3) is 0 Å². The van der Waals surface area contributed by atoms with Gasteiger partial charge in [0.2, 0.25) is 0 Å². The highest BCUT2D eigenvalue weighted by molar-refractivity contribution is 5.25. The molecule has 1 fully saturated rings. The fourth-order valence-electron chi connectivity index (χ4n) is 3.15. The van der Waals surface area contributed by atoms with Gasteiger partial charge in [-0.25, -0.2) is 0 Å². The Morgan fingerprint density at radius 1 is 1.14 bits per heavy atom. The van der Waals surface area contributed by atoms with E-state index in [2.05, 4.69) is 50.4 Å². The normalized spacial score (nSPS) is 18.1. The maximum atomic E-state index is 5.52. The maximum Gasteiger partial charge on any atom is 0.0469 e. The van der Waals surface area contributed by atoms with Crippen LogP contribution in [0, 0.1) is 5.92 Å². The van der Waals surface area contributed by atoms with Crippen molar-refractivity contribution < 1.29 is 4.74 Å². The third kappa shape index (κ3) is 5.12. The van der Waals surface area contributed by atoms with Gasteiger partial charge in [0.25, 0.3) is 0 Å². The quantitative estimate of drug-likeness (QED) is 0.814. The molecule has 2 heteroatoms. The highest BCUT2D eigenvalue weighted by Crippen LogP contribution is 2.23. The van der Waals surface area contributed by atoms with Crippen LogP contribution in [0.5, 0.6) is 0 Å². The van der Waals surface area contributed by atoms with Gasteiger partial charge in [0, 0.05) is 19.3 Å². The van der Waals surface area contributed by atoms with Crippen molar-refractivity contribution in [2.24, 2.45) is 5.92 Å². The zero-order valence-electron chi connectivity index (χ0n) is 13.9. The maximum absolute atomic E-state index is 5.52. The summed E-state index contributed by atoms with van der Waals surface area (Å²) in [5.41, 5.74) is 2.89. The number of ether oxygens (including phenoxy) is 1. The summed E-state index contributed by atoms with van der Waals surface area (Å²) in [4.78, 5) is 0. The first kappa shape index (κ1) is 16.5. The Bertz CT molecular complexity index is 393. The monoisotopic (exact) mass is 289 g/mol. The van der Waals surface area contributed by atoms with Gasteiger partial charge in [-0.05, 0) is 55.2 Å². The van der Waals surface area contributed by atoms with E-state index in [4.69, 9.17) is 4.74 Å². The van der Waals surface area contributed by atoms with E-state index in [0.29, 0.717) is 12.0 Å². The first-order valence-corrected chi connectivity index (χ1v) is 8.60. The number of hydrogen-bond donors (Lipinski definition) is 1. The Labute approximate surface area is 130 Å². The zero-order valence-corrected chi connectivity index (χ0v) is 13.9. The van der Waals surface area contributed by atoms with Crippen molar-refractivity contribution in [3.63, 3.8) is 0 Å². The van der Waals surface area contributed by atoms with Gasteiger partial charge in [-0.1, -0.05) is 45.0 Å². The zero-order chi connectivity index (χ0) is 15.1. The summed E-state index contributed by atoms with van der Waals surface area (Å²) in [5, 5.41) is 3.77. The predicted molar refractivity (Wildman–Crippen MR) is 89.9 cm³/mol. The second kappa shape index (κ2) is 8.55. The fraction of sp³-hybridized carbons (Fsp3) is 0.684. The Morgan fingerprint density at radius 2 is 1.81 bits per heavy atom. The minimum Gasteiger partial charge on any atom is -0.381 e. The Kier molecular flexibility index (Phi) is 6.72. The number of nitrogens with one attached hydrogen (secondary N) is 1. The van der Waals surface area contributed by atoms with Crippen LogP contribution in [0.15, 0.2) is 24.3 Å². The average molecular weight is 289 g/mol. The largest absolute Gasteiger partial charge is 0.381 e. The second-order valence-electron chi connectivity index (χ2n) is 6.61. The molecule has 2 rings (SSSR count). The van der Waals surface area contributed by atoms with E-state index in [1.807, 2.05) is 0 Å². The van der Waals surface area contributed by atoms with Gasteiger partial charge in [-0.15, -0.1) is 0 Å². The summed E-state index contributed by atoms with van der Waals surface area (Å²) in [6, 6.07) is 9.81. The van der Waals surface area contributed by atoms with E-state index < -0.39 is 0 Å². The van der Waals surface area contributed by atoms with Crippen LogP contribution < -0.4 is 5.32 Å². The minimum atomic E-state index is 0.596. The van der Waals surface area contributed by atoms with Crippen LogP contribution >= 0.6 is 0 Å². The standard InChI is InChI=1S/C19H31NO/c1-4-11-20-19(18-9-12-21-13-10-18)14-16-5-7-17(8-6-16)15(2)3/h5-8,15,18-20H,4,9-14H2,1-3H3. The lowest BCUT2D eigenvalue weighted by molar-refractivity contribution is 0.0538. The summed E-state index contributed by atoms with van der Waals surface area (Å²) in [6.07, 6.45) is 4.74. The molecule has 1 heterocycles. The van der Waals surface area contributed by atoms with Crippen LogP contribution in [0.2, 0.25) is 0 Å². The van der Waals surface area contributed by atoms with E-state index in [1.165, 1.54) is 30.4 Å². The van der Waals surface area contributed by atoms with E-state index in [-0.39, 0.29) is 0 Å². The third-order valence-electron chi connectivity index (χ3n) is 4.59. The summed E-state index contributed by atoms with van der Waals surface area (Å²) in [7, 11) is 0. The van der Waals surface area contributed by atoms with Crippen LogP contribution in [0.1, 0.15) is 57.1 Å². The average Bonchev–Trinajstić information content (AvgIpc) is 2.52. The molecule has 1 N–H and O–H groups in total. The molecule has 0 bridgehead atoms. The SMILES string of the molecule is CCCNC(Cc1ccc(C(C)C)cc1)C1CCOCC1. The summed E-state index contributed by atoms with van der Waals surface area (Å²) < 4.78 is 5.52.